The van der Waals surface area contributed by atoms with Gasteiger partial charge in [-0.1, -0.05) is 41.4 Å². The first-order chi connectivity index (χ1) is 15.4. The average molecular weight is 477 g/mol. The maximum atomic E-state index is 9.68. The fraction of sp³-hybridized carbons (Fsp3) is 0.333. The predicted molar refractivity (Wildman–Crippen MR) is 129 cm³/mol. The number of aliphatic carboxylic acids is 1. The first kappa shape index (κ1) is 24.1. The summed E-state index contributed by atoms with van der Waals surface area (Å²) in [7, 11) is 3.15. The third-order valence-corrected chi connectivity index (χ3v) is 6.00. The van der Waals surface area contributed by atoms with E-state index in [9.17, 15) is 4.79 Å². The maximum Gasteiger partial charge on any atom is 0.305 e. The van der Waals surface area contributed by atoms with Crippen molar-refractivity contribution in [3.05, 3.63) is 52.5 Å². The fourth-order valence-corrected chi connectivity index (χ4v) is 3.89. The van der Waals surface area contributed by atoms with E-state index in [0.29, 0.717) is 16.7 Å². The number of pyridine rings is 1. The van der Waals surface area contributed by atoms with E-state index in [-0.39, 0.29) is 6.42 Å². The van der Waals surface area contributed by atoms with Gasteiger partial charge in [0.1, 0.15) is 11.6 Å². The van der Waals surface area contributed by atoms with Gasteiger partial charge in [0, 0.05) is 25.6 Å². The molecule has 1 N–H and O–H groups in total. The topological polar surface area (TPSA) is 71.9 Å². The Bertz CT molecular complexity index is 1070. The Morgan fingerprint density at radius 1 is 1.09 bits per heavy atom. The Morgan fingerprint density at radius 3 is 2.34 bits per heavy atom. The van der Waals surface area contributed by atoms with Gasteiger partial charge in [-0.2, -0.15) is 0 Å². The Balaban J connectivity index is 0.000000360. The van der Waals surface area contributed by atoms with Crippen LogP contribution in [0.15, 0.2) is 42.5 Å². The van der Waals surface area contributed by atoms with Crippen LogP contribution in [0.4, 0.5) is 5.82 Å². The molecule has 1 aromatic heterocycles. The highest BCUT2D eigenvalue weighted by Gasteiger charge is 2.18. The summed E-state index contributed by atoms with van der Waals surface area (Å²) in [6.07, 6.45) is 2.48. The number of hydrogen-bond donors (Lipinski definition) is 1. The molecule has 2 heterocycles. The Morgan fingerprint density at radius 2 is 1.78 bits per heavy atom. The van der Waals surface area contributed by atoms with Crippen molar-refractivity contribution >= 4 is 45.9 Å². The van der Waals surface area contributed by atoms with Crippen LogP contribution in [-0.4, -0.2) is 50.0 Å². The third kappa shape index (κ3) is 5.82. The molecular weight excluding hydrogens is 451 g/mol. The number of hydrogen-bond acceptors (Lipinski definition) is 5. The van der Waals surface area contributed by atoms with Gasteiger partial charge in [-0.05, 0) is 48.2 Å². The smallest absolute Gasteiger partial charge is 0.305 e. The van der Waals surface area contributed by atoms with Crippen molar-refractivity contribution in [2.75, 3.05) is 38.8 Å². The van der Waals surface area contributed by atoms with Crippen LogP contribution < -0.4 is 9.64 Å². The van der Waals surface area contributed by atoms with Gasteiger partial charge in [-0.15, -0.1) is 0 Å². The maximum absolute atomic E-state index is 9.68. The number of carboxylic acids is 1. The molecule has 32 heavy (non-hydrogen) atoms. The first-order valence-electron chi connectivity index (χ1n) is 10.3. The standard InChI is InChI=1S/C20H18Cl2N2O.C4H8O3/c1-25-14-6-4-13(5-7-14)16-12-18(24-10-2-3-11-24)23-20-15(16)8-9-17(21)19(20)22;1-7-3-2-4(5)6/h4-9,12H,2-3,10-11H2,1H3;2-3H2,1H3,(H,5,6). The van der Waals surface area contributed by atoms with Crippen molar-refractivity contribution in [2.45, 2.75) is 19.3 Å². The summed E-state index contributed by atoms with van der Waals surface area (Å²) in [6, 6.07) is 14.0. The second-order valence-corrected chi connectivity index (χ2v) is 8.13. The van der Waals surface area contributed by atoms with Gasteiger partial charge in [-0.25, -0.2) is 4.98 Å². The summed E-state index contributed by atoms with van der Waals surface area (Å²) in [6.45, 7) is 2.35. The number of ether oxygens (including phenoxy) is 2. The number of benzene rings is 2. The number of carbonyl (C=O) groups is 1. The monoisotopic (exact) mass is 476 g/mol. The quantitative estimate of drug-likeness (QED) is 0.475. The molecule has 3 aromatic rings. The molecule has 0 saturated carbocycles. The van der Waals surface area contributed by atoms with E-state index in [2.05, 4.69) is 27.8 Å². The Labute approximate surface area is 197 Å². The minimum absolute atomic E-state index is 0.0938. The summed E-state index contributed by atoms with van der Waals surface area (Å²) >= 11 is 12.7. The van der Waals surface area contributed by atoms with Crippen molar-refractivity contribution in [1.82, 2.24) is 4.98 Å². The van der Waals surface area contributed by atoms with Gasteiger partial charge in [-0.3, -0.25) is 4.79 Å². The van der Waals surface area contributed by atoms with E-state index >= 15 is 0 Å². The first-order valence-corrected chi connectivity index (χ1v) is 11.1. The number of fused-ring (bicyclic) bond motifs is 1. The second kappa shape index (κ2) is 11.4. The minimum Gasteiger partial charge on any atom is -0.497 e. The number of aromatic nitrogens is 1. The molecule has 1 fully saturated rings. The van der Waals surface area contributed by atoms with Crippen LogP contribution in [0.5, 0.6) is 5.75 Å². The van der Waals surface area contributed by atoms with Gasteiger partial charge in [0.2, 0.25) is 0 Å². The minimum atomic E-state index is -0.818. The van der Waals surface area contributed by atoms with E-state index in [1.54, 1.807) is 7.11 Å². The van der Waals surface area contributed by atoms with Gasteiger partial charge in [0.25, 0.3) is 0 Å². The molecule has 0 radical (unpaired) electrons. The predicted octanol–water partition coefficient (Wildman–Crippen LogP) is 5.92. The Hall–Kier alpha value is -2.54. The molecule has 1 saturated heterocycles. The number of anilines is 1. The molecular formula is C24H26Cl2N2O4. The van der Waals surface area contributed by atoms with Crippen molar-refractivity contribution in [2.24, 2.45) is 0 Å². The van der Waals surface area contributed by atoms with Gasteiger partial charge in [0.05, 0.1) is 35.7 Å². The number of methoxy groups -OCH3 is 2. The molecule has 0 unspecified atom stereocenters. The highest BCUT2D eigenvalue weighted by molar-refractivity contribution is 6.45. The molecule has 8 heteroatoms. The largest absolute Gasteiger partial charge is 0.497 e. The third-order valence-electron chi connectivity index (χ3n) is 5.21. The highest BCUT2D eigenvalue weighted by Crippen LogP contribution is 2.38. The fourth-order valence-electron chi connectivity index (χ4n) is 3.53. The van der Waals surface area contributed by atoms with Crippen molar-refractivity contribution < 1.29 is 19.4 Å². The van der Waals surface area contributed by atoms with Crippen molar-refractivity contribution in [1.29, 1.82) is 0 Å². The molecule has 0 bridgehead atoms. The lowest BCUT2D eigenvalue weighted by Gasteiger charge is -2.19. The Kier molecular flexibility index (Phi) is 8.56. The van der Waals surface area contributed by atoms with E-state index in [0.717, 1.165) is 46.7 Å². The van der Waals surface area contributed by atoms with Crippen LogP contribution in [0.2, 0.25) is 10.0 Å². The summed E-state index contributed by atoms with van der Waals surface area (Å²) in [5.41, 5.74) is 2.96. The molecule has 4 rings (SSSR count). The van der Waals surface area contributed by atoms with Crippen molar-refractivity contribution in [3.8, 4) is 16.9 Å². The second-order valence-electron chi connectivity index (χ2n) is 7.34. The zero-order valence-electron chi connectivity index (χ0n) is 18.1. The molecule has 0 amide bonds. The molecule has 0 aliphatic carbocycles. The van der Waals surface area contributed by atoms with Crippen LogP contribution >= 0.6 is 23.2 Å². The van der Waals surface area contributed by atoms with Crippen LogP contribution in [0.25, 0.3) is 22.0 Å². The molecule has 0 spiro atoms. The number of carboxylic acid groups (broad SMARTS) is 1. The van der Waals surface area contributed by atoms with E-state index in [1.807, 2.05) is 24.3 Å². The number of nitrogens with zero attached hydrogens (tertiary/aromatic N) is 2. The lowest BCUT2D eigenvalue weighted by Crippen LogP contribution is -2.19. The van der Waals surface area contributed by atoms with E-state index in [4.69, 9.17) is 38.0 Å². The van der Waals surface area contributed by atoms with Crippen LogP contribution in [0, 0.1) is 0 Å². The van der Waals surface area contributed by atoms with Gasteiger partial charge >= 0.3 is 5.97 Å². The molecule has 1 aliphatic rings. The molecule has 6 nitrogen and oxygen atoms in total. The zero-order chi connectivity index (χ0) is 23.1. The lowest BCUT2D eigenvalue weighted by atomic mass is 10.0. The molecule has 1 aliphatic heterocycles. The summed E-state index contributed by atoms with van der Waals surface area (Å²) in [5.74, 6) is 0.977. The van der Waals surface area contributed by atoms with E-state index < -0.39 is 5.97 Å². The highest BCUT2D eigenvalue weighted by atomic mass is 35.5. The number of halogens is 2. The number of rotatable bonds is 6. The van der Waals surface area contributed by atoms with Crippen LogP contribution in [0.3, 0.4) is 0 Å². The zero-order valence-corrected chi connectivity index (χ0v) is 19.6. The van der Waals surface area contributed by atoms with E-state index in [1.165, 1.54) is 20.0 Å². The normalized spacial score (nSPS) is 13.1. The van der Waals surface area contributed by atoms with Crippen LogP contribution in [0.1, 0.15) is 19.3 Å². The average Bonchev–Trinajstić information content (AvgIpc) is 3.35. The summed E-state index contributed by atoms with van der Waals surface area (Å²) < 4.78 is 9.75. The van der Waals surface area contributed by atoms with Gasteiger partial charge < -0.3 is 19.5 Å². The SMILES string of the molecule is COCCC(=O)O.COc1ccc(-c2cc(N3CCCC3)nc3c(Cl)c(Cl)ccc23)cc1. The summed E-state index contributed by atoms with van der Waals surface area (Å²) in [5, 5.41) is 10.0. The van der Waals surface area contributed by atoms with Gasteiger partial charge in [0.15, 0.2) is 0 Å². The molecule has 170 valence electrons. The molecule has 0 atom stereocenters. The lowest BCUT2D eigenvalue weighted by molar-refractivity contribution is -0.137. The van der Waals surface area contributed by atoms with Crippen molar-refractivity contribution in [3.63, 3.8) is 0 Å². The summed E-state index contributed by atoms with van der Waals surface area (Å²) in [4.78, 5) is 16.8. The van der Waals surface area contributed by atoms with Crippen LogP contribution in [-0.2, 0) is 9.53 Å². The molecule has 2 aromatic carbocycles.